The molecule has 1 aliphatic rings. The Morgan fingerprint density at radius 2 is 2.06 bits per heavy atom. The van der Waals surface area contributed by atoms with Gasteiger partial charge in [-0.25, -0.2) is 0 Å². The zero-order valence-electron chi connectivity index (χ0n) is 10.7. The maximum atomic E-state index is 4.46. The molecule has 1 aromatic carbocycles. The number of pyridine rings is 1. The topological polar surface area (TPSA) is 24.9 Å². The Morgan fingerprint density at radius 1 is 1.17 bits per heavy atom. The highest BCUT2D eigenvalue weighted by Gasteiger charge is 2.19. The van der Waals surface area contributed by atoms with Gasteiger partial charge < -0.3 is 5.32 Å². The van der Waals surface area contributed by atoms with Crippen LogP contribution >= 0.6 is 0 Å². The van der Waals surface area contributed by atoms with Crippen molar-refractivity contribution in [2.75, 3.05) is 12.4 Å². The molecule has 1 aromatic heterocycles. The predicted octanol–water partition coefficient (Wildman–Crippen LogP) is 4.06. The first kappa shape index (κ1) is 11.3. The molecule has 2 aromatic rings. The van der Waals surface area contributed by atoms with Crippen LogP contribution in [0.1, 0.15) is 30.7 Å². The number of benzene rings is 1. The van der Waals surface area contributed by atoms with Gasteiger partial charge in [0.1, 0.15) is 0 Å². The van der Waals surface area contributed by atoms with E-state index in [-0.39, 0.29) is 0 Å². The molecule has 0 spiro atoms. The number of nitrogens with one attached hydrogen (secondary N) is 1. The first-order valence-electron chi connectivity index (χ1n) is 6.61. The zero-order chi connectivity index (χ0) is 12.4. The van der Waals surface area contributed by atoms with E-state index >= 15 is 0 Å². The molecule has 0 amide bonds. The van der Waals surface area contributed by atoms with Crippen molar-refractivity contribution in [2.45, 2.75) is 25.2 Å². The minimum Gasteiger partial charge on any atom is -0.388 e. The fourth-order valence-corrected chi connectivity index (χ4v) is 2.44. The van der Waals surface area contributed by atoms with Crippen LogP contribution in [0.2, 0.25) is 0 Å². The summed E-state index contributed by atoms with van der Waals surface area (Å²) in [6.45, 7) is 0. The average Bonchev–Trinajstić information content (AvgIpc) is 2.37. The Morgan fingerprint density at radius 3 is 2.78 bits per heavy atom. The number of anilines is 1. The molecule has 2 nitrogen and oxygen atoms in total. The van der Waals surface area contributed by atoms with Crippen LogP contribution in [0.3, 0.4) is 0 Å². The maximum Gasteiger partial charge on any atom is 0.0722 e. The van der Waals surface area contributed by atoms with Crippen molar-refractivity contribution in [3.05, 3.63) is 48.2 Å². The molecule has 1 heterocycles. The summed E-state index contributed by atoms with van der Waals surface area (Å²) in [7, 11) is 1.93. The van der Waals surface area contributed by atoms with Gasteiger partial charge >= 0.3 is 0 Å². The largest absolute Gasteiger partial charge is 0.388 e. The molecule has 18 heavy (non-hydrogen) atoms. The first-order chi connectivity index (χ1) is 8.86. The molecule has 0 radical (unpaired) electrons. The van der Waals surface area contributed by atoms with Crippen molar-refractivity contribution in [3.63, 3.8) is 0 Å². The van der Waals surface area contributed by atoms with E-state index in [1.807, 2.05) is 19.3 Å². The third-order valence-corrected chi connectivity index (χ3v) is 3.81. The Bertz CT molecular complexity index is 544. The second kappa shape index (κ2) is 4.81. The van der Waals surface area contributed by atoms with Crippen molar-refractivity contribution in [3.8, 4) is 11.3 Å². The Kier molecular flexibility index (Phi) is 3.01. The lowest BCUT2D eigenvalue weighted by atomic mass is 9.79. The van der Waals surface area contributed by atoms with E-state index in [1.165, 1.54) is 30.4 Å². The molecule has 1 fully saturated rings. The number of hydrogen-bond donors (Lipinski definition) is 1. The Balaban J connectivity index is 1.94. The van der Waals surface area contributed by atoms with E-state index in [0.29, 0.717) is 0 Å². The Hall–Kier alpha value is -1.83. The third kappa shape index (κ3) is 2.10. The van der Waals surface area contributed by atoms with Crippen molar-refractivity contribution >= 4 is 5.69 Å². The minimum absolute atomic E-state index is 0.775. The van der Waals surface area contributed by atoms with E-state index in [1.54, 1.807) is 0 Å². The van der Waals surface area contributed by atoms with Crippen LogP contribution in [0.15, 0.2) is 42.6 Å². The number of hydrogen-bond acceptors (Lipinski definition) is 2. The quantitative estimate of drug-likeness (QED) is 0.872. The lowest BCUT2D eigenvalue weighted by molar-refractivity contribution is 0.420. The molecule has 0 unspecified atom stereocenters. The third-order valence-electron chi connectivity index (χ3n) is 3.81. The molecule has 1 N–H and O–H groups in total. The van der Waals surface area contributed by atoms with Gasteiger partial charge in [0.15, 0.2) is 0 Å². The van der Waals surface area contributed by atoms with E-state index < -0.39 is 0 Å². The fourth-order valence-electron chi connectivity index (χ4n) is 2.44. The summed E-state index contributed by atoms with van der Waals surface area (Å²) in [5.74, 6) is 0.775. The van der Waals surface area contributed by atoms with Gasteiger partial charge in [0.2, 0.25) is 0 Å². The molecule has 2 heteroatoms. The molecule has 1 aliphatic carbocycles. The highest BCUT2D eigenvalue weighted by Crippen LogP contribution is 2.37. The van der Waals surface area contributed by atoms with Crippen LogP contribution < -0.4 is 5.32 Å². The van der Waals surface area contributed by atoms with E-state index in [0.717, 1.165) is 17.3 Å². The summed E-state index contributed by atoms with van der Waals surface area (Å²) >= 11 is 0. The SMILES string of the molecule is CNc1ccnc(-c2cccc(C3CCC3)c2)c1. The smallest absolute Gasteiger partial charge is 0.0722 e. The summed E-state index contributed by atoms with van der Waals surface area (Å²) in [5, 5.41) is 3.16. The molecule has 0 atom stereocenters. The molecule has 92 valence electrons. The van der Waals surface area contributed by atoms with Gasteiger partial charge in [-0.05, 0) is 42.5 Å². The summed E-state index contributed by atoms with van der Waals surface area (Å²) in [6.07, 6.45) is 5.92. The van der Waals surface area contributed by atoms with Gasteiger partial charge in [0, 0.05) is 24.5 Å². The van der Waals surface area contributed by atoms with Gasteiger partial charge in [-0.3, -0.25) is 4.98 Å². The lowest BCUT2D eigenvalue weighted by Crippen LogP contribution is -2.08. The summed E-state index contributed by atoms with van der Waals surface area (Å²) in [6, 6.07) is 12.9. The number of rotatable bonds is 3. The standard InChI is InChI=1S/C16H18N2/c1-17-15-8-9-18-16(11-15)14-7-3-6-13(10-14)12-4-2-5-12/h3,6-12H,2,4-5H2,1H3,(H,17,18). The molecule has 0 saturated heterocycles. The van der Waals surface area contributed by atoms with Gasteiger partial charge in [-0.2, -0.15) is 0 Å². The van der Waals surface area contributed by atoms with Crippen LogP contribution in [0.5, 0.6) is 0 Å². The lowest BCUT2D eigenvalue weighted by Gasteiger charge is -2.26. The predicted molar refractivity (Wildman–Crippen MR) is 75.8 cm³/mol. The highest BCUT2D eigenvalue weighted by atomic mass is 14.8. The molecular weight excluding hydrogens is 220 g/mol. The van der Waals surface area contributed by atoms with Crippen LogP contribution in [0.4, 0.5) is 5.69 Å². The van der Waals surface area contributed by atoms with E-state index in [4.69, 9.17) is 0 Å². The maximum absolute atomic E-state index is 4.46. The average molecular weight is 238 g/mol. The summed E-state index contributed by atoms with van der Waals surface area (Å²) < 4.78 is 0. The summed E-state index contributed by atoms with van der Waals surface area (Å²) in [5.41, 5.74) is 4.84. The number of nitrogens with zero attached hydrogens (tertiary/aromatic N) is 1. The number of aromatic nitrogens is 1. The second-order valence-electron chi connectivity index (χ2n) is 4.93. The van der Waals surface area contributed by atoms with Crippen LogP contribution in [-0.4, -0.2) is 12.0 Å². The van der Waals surface area contributed by atoms with Crippen molar-refractivity contribution in [1.29, 1.82) is 0 Å². The highest BCUT2D eigenvalue weighted by molar-refractivity contribution is 5.64. The zero-order valence-corrected chi connectivity index (χ0v) is 10.7. The summed E-state index contributed by atoms with van der Waals surface area (Å²) in [4.78, 5) is 4.46. The van der Waals surface area contributed by atoms with E-state index in [9.17, 15) is 0 Å². The minimum atomic E-state index is 0.775. The van der Waals surface area contributed by atoms with Gasteiger partial charge in [-0.1, -0.05) is 24.6 Å². The molecular formula is C16H18N2. The normalized spacial score (nSPS) is 15.2. The molecule has 3 rings (SSSR count). The molecule has 0 bridgehead atoms. The van der Waals surface area contributed by atoms with Crippen molar-refractivity contribution in [1.82, 2.24) is 4.98 Å². The van der Waals surface area contributed by atoms with Gasteiger partial charge in [0.25, 0.3) is 0 Å². The van der Waals surface area contributed by atoms with Crippen LogP contribution in [0.25, 0.3) is 11.3 Å². The second-order valence-corrected chi connectivity index (χ2v) is 4.93. The monoisotopic (exact) mass is 238 g/mol. The molecule has 1 saturated carbocycles. The fraction of sp³-hybridized carbons (Fsp3) is 0.312. The van der Waals surface area contributed by atoms with Crippen molar-refractivity contribution in [2.24, 2.45) is 0 Å². The Labute approximate surface area is 108 Å². The first-order valence-corrected chi connectivity index (χ1v) is 6.61. The van der Waals surface area contributed by atoms with Gasteiger partial charge in [0.05, 0.1) is 5.69 Å². The van der Waals surface area contributed by atoms with Crippen LogP contribution in [0, 0.1) is 0 Å². The van der Waals surface area contributed by atoms with E-state index in [2.05, 4.69) is 40.6 Å². The van der Waals surface area contributed by atoms with Crippen molar-refractivity contribution < 1.29 is 0 Å². The van der Waals surface area contributed by atoms with Gasteiger partial charge in [-0.15, -0.1) is 0 Å². The van der Waals surface area contributed by atoms with Crippen LogP contribution in [-0.2, 0) is 0 Å². The molecule has 0 aliphatic heterocycles.